The highest BCUT2D eigenvalue weighted by Crippen LogP contribution is 2.21. The topological polar surface area (TPSA) is 75.6 Å². The van der Waals surface area contributed by atoms with Crippen LogP contribution >= 0.6 is 0 Å². The van der Waals surface area contributed by atoms with Gasteiger partial charge in [-0.25, -0.2) is 8.42 Å². The zero-order chi connectivity index (χ0) is 13.6. The molecule has 1 rings (SSSR count). The van der Waals surface area contributed by atoms with Gasteiger partial charge in [0.1, 0.15) is 0 Å². The predicted molar refractivity (Wildman–Crippen MR) is 70.5 cm³/mol. The van der Waals surface area contributed by atoms with Crippen LogP contribution in [0.2, 0.25) is 0 Å². The van der Waals surface area contributed by atoms with E-state index < -0.39 is 15.9 Å². The number of aliphatic hydroxyl groups is 1. The van der Waals surface area contributed by atoms with Crippen molar-refractivity contribution in [2.24, 2.45) is 0 Å². The van der Waals surface area contributed by atoms with Crippen molar-refractivity contribution in [3.63, 3.8) is 0 Å². The van der Waals surface area contributed by atoms with Gasteiger partial charge in [0.2, 0.25) is 0 Å². The van der Waals surface area contributed by atoms with Crippen molar-refractivity contribution >= 4 is 15.5 Å². The van der Waals surface area contributed by atoms with E-state index in [0.29, 0.717) is 5.69 Å². The Morgan fingerprint density at radius 3 is 2.67 bits per heavy atom. The van der Waals surface area contributed by atoms with E-state index in [1.54, 1.807) is 31.2 Å². The first-order chi connectivity index (χ1) is 8.51. The number of benzene rings is 1. The number of anilines is 1. The molecule has 102 valence electrons. The van der Waals surface area contributed by atoms with Gasteiger partial charge >= 0.3 is 0 Å². The summed E-state index contributed by atoms with van der Waals surface area (Å²) in [5.74, 6) is 0.0479. The van der Waals surface area contributed by atoms with Gasteiger partial charge < -0.3 is 15.2 Å². The summed E-state index contributed by atoms with van der Waals surface area (Å²) in [6, 6.07) is 6.67. The number of methoxy groups -OCH3 is 1. The summed E-state index contributed by atoms with van der Waals surface area (Å²) in [4.78, 5) is 0.261. The molecule has 1 unspecified atom stereocenters. The van der Waals surface area contributed by atoms with Crippen LogP contribution in [0.3, 0.4) is 0 Å². The van der Waals surface area contributed by atoms with Gasteiger partial charge in [0.25, 0.3) is 0 Å². The molecule has 0 spiro atoms. The second kappa shape index (κ2) is 6.72. The van der Waals surface area contributed by atoms with Gasteiger partial charge in [-0.2, -0.15) is 0 Å². The number of sulfone groups is 1. The summed E-state index contributed by atoms with van der Waals surface area (Å²) in [6.07, 6.45) is -0.674. The van der Waals surface area contributed by atoms with Crippen LogP contribution in [0.4, 0.5) is 5.69 Å². The zero-order valence-electron chi connectivity index (χ0n) is 10.6. The van der Waals surface area contributed by atoms with Crippen LogP contribution in [-0.4, -0.2) is 45.6 Å². The van der Waals surface area contributed by atoms with Crippen LogP contribution in [0, 0.1) is 0 Å². The average Bonchev–Trinajstić information content (AvgIpc) is 2.37. The Kier molecular flexibility index (Phi) is 5.58. The zero-order valence-corrected chi connectivity index (χ0v) is 11.4. The lowest BCUT2D eigenvalue weighted by atomic mass is 10.3. The van der Waals surface area contributed by atoms with E-state index in [1.165, 1.54) is 7.11 Å². The van der Waals surface area contributed by atoms with Gasteiger partial charge in [-0.15, -0.1) is 0 Å². The van der Waals surface area contributed by atoms with Crippen molar-refractivity contribution in [2.45, 2.75) is 17.9 Å². The second-order valence-electron chi connectivity index (χ2n) is 3.89. The average molecular weight is 273 g/mol. The SMILES string of the molecule is CCS(=O)(=O)c1ccccc1NCC(O)COC. The largest absolute Gasteiger partial charge is 0.389 e. The van der Waals surface area contributed by atoms with E-state index in [1.807, 2.05) is 0 Å². The Labute approximate surface area is 108 Å². The lowest BCUT2D eigenvalue weighted by Gasteiger charge is -2.14. The van der Waals surface area contributed by atoms with Gasteiger partial charge in [0.05, 0.1) is 29.0 Å². The first-order valence-corrected chi connectivity index (χ1v) is 7.39. The van der Waals surface area contributed by atoms with Crippen molar-refractivity contribution in [1.82, 2.24) is 0 Å². The van der Waals surface area contributed by atoms with Crippen molar-refractivity contribution in [1.29, 1.82) is 0 Å². The van der Waals surface area contributed by atoms with Gasteiger partial charge in [0.15, 0.2) is 9.84 Å². The van der Waals surface area contributed by atoms with Gasteiger partial charge in [-0.1, -0.05) is 19.1 Å². The third-order valence-electron chi connectivity index (χ3n) is 2.49. The molecule has 1 aromatic rings. The summed E-state index contributed by atoms with van der Waals surface area (Å²) in [7, 11) is -1.77. The normalized spacial score (nSPS) is 13.3. The van der Waals surface area contributed by atoms with Gasteiger partial charge in [0, 0.05) is 13.7 Å². The summed E-state index contributed by atoms with van der Waals surface area (Å²) in [6.45, 7) is 2.05. The van der Waals surface area contributed by atoms with Crippen LogP contribution in [-0.2, 0) is 14.6 Å². The van der Waals surface area contributed by atoms with Crippen LogP contribution in [0.25, 0.3) is 0 Å². The quantitative estimate of drug-likeness (QED) is 0.772. The van der Waals surface area contributed by atoms with Crippen molar-refractivity contribution in [3.05, 3.63) is 24.3 Å². The first-order valence-electron chi connectivity index (χ1n) is 5.74. The molecular formula is C12H19NO4S. The Bertz CT molecular complexity index is 473. The molecule has 0 aliphatic carbocycles. The Hall–Kier alpha value is -1.11. The molecule has 0 saturated heterocycles. The number of nitrogens with one attached hydrogen (secondary N) is 1. The Morgan fingerprint density at radius 2 is 2.06 bits per heavy atom. The monoisotopic (exact) mass is 273 g/mol. The number of hydrogen-bond donors (Lipinski definition) is 2. The molecule has 0 bridgehead atoms. The smallest absolute Gasteiger partial charge is 0.180 e. The molecule has 0 radical (unpaired) electrons. The summed E-state index contributed by atoms with van der Waals surface area (Å²) in [5.41, 5.74) is 0.509. The Morgan fingerprint density at radius 1 is 1.39 bits per heavy atom. The fourth-order valence-electron chi connectivity index (χ4n) is 1.52. The molecular weight excluding hydrogens is 254 g/mol. The lowest BCUT2D eigenvalue weighted by Crippen LogP contribution is -2.24. The van der Waals surface area contributed by atoms with E-state index in [4.69, 9.17) is 4.74 Å². The molecule has 1 aromatic carbocycles. The molecule has 0 amide bonds. The molecule has 18 heavy (non-hydrogen) atoms. The highest BCUT2D eigenvalue weighted by atomic mass is 32.2. The number of ether oxygens (including phenoxy) is 1. The summed E-state index contributed by atoms with van der Waals surface area (Å²) >= 11 is 0. The van der Waals surface area contributed by atoms with E-state index in [9.17, 15) is 13.5 Å². The van der Waals surface area contributed by atoms with E-state index in [2.05, 4.69) is 5.32 Å². The third-order valence-corrected chi connectivity index (χ3v) is 4.28. The van der Waals surface area contributed by atoms with Crippen LogP contribution in [0.15, 0.2) is 29.2 Å². The molecule has 0 fully saturated rings. The molecule has 6 heteroatoms. The summed E-state index contributed by atoms with van der Waals surface area (Å²) in [5, 5.41) is 12.5. The molecule has 0 saturated carbocycles. The fraction of sp³-hybridized carbons (Fsp3) is 0.500. The number of para-hydroxylation sites is 1. The fourth-order valence-corrected chi connectivity index (χ4v) is 2.59. The molecule has 0 aliphatic rings. The van der Waals surface area contributed by atoms with Gasteiger partial charge in [-0.3, -0.25) is 0 Å². The van der Waals surface area contributed by atoms with Crippen molar-refractivity contribution < 1.29 is 18.3 Å². The first kappa shape index (κ1) is 14.9. The highest BCUT2D eigenvalue weighted by Gasteiger charge is 2.16. The van der Waals surface area contributed by atoms with Gasteiger partial charge in [-0.05, 0) is 12.1 Å². The van der Waals surface area contributed by atoms with Crippen LogP contribution in [0.1, 0.15) is 6.92 Å². The number of hydrogen-bond acceptors (Lipinski definition) is 5. The maximum absolute atomic E-state index is 11.9. The number of rotatable bonds is 7. The molecule has 0 heterocycles. The minimum absolute atomic E-state index is 0.0479. The molecule has 5 nitrogen and oxygen atoms in total. The van der Waals surface area contributed by atoms with E-state index >= 15 is 0 Å². The molecule has 2 N–H and O–H groups in total. The maximum Gasteiger partial charge on any atom is 0.180 e. The van der Waals surface area contributed by atoms with Crippen molar-refractivity contribution in [2.75, 3.05) is 31.3 Å². The standard InChI is InChI=1S/C12H19NO4S/c1-3-18(15,16)12-7-5-4-6-11(12)13-8-10(14)9-17-2/h4-7,10,13-14H,3,8-9H2,1-2H3. The predicted octanol–water partition coefficient (Wildman–Crippen LogP) is 0.899. The van der Waals surface area contributed by atoms with E-state index in [0.717, 1.165) is 0 Å². The second-order valence-corrected chi connectivity index (χ2v) is 6.14. The molecule has 0 aromatic heterocycles. The lowest BCUT2D eigenvalue weighted by molar-refractivity contribution is 0.0727. The van der Waals surface area contributed by atoms with Crippen LogP contribution < -0.4 is 5.32 Å². The summed E-state index contributed by atoms with van der Waals surface area (Å²) < 4.78 is 28.5. The van der Waals surface area contributed by atoms with Crippen molar-refractivity contribution in [3.8, 4) is 0 Å². The highest BCUT2D eigenvalue weighted by molar-refractivity contribution is 7.91. The minimum atomic E-state index is -3.26. The molecule has 1 atom stereocenters. The third kappa shape index (κ3) is 3.97. The van der Waals surface area contributed by atoms with E-state index in [-0.39, 0.29) is 23.8 Å². The maximum atomic E-state index is 11.9. The number of aliphatic hydroxyl groups excluding tert-OH is 1. The molecule has 0 aliphatic heterocycles. The van der Waals surface area contributed by atoms with Crippen LogP contribution in [0.5, 0.6) is 0 Å². The minimum Gasteiger partial charge on any atom is -0.389 e. The Balaban J connectivity index is 2.84.